The number of carbonyl (C=O) groups is 2. The van der Waals surface area contributed by atoms with Crippen LogP contribution in [0.1, 0.15) is 10.4 Å². The van der Waals surface area contributed by atoms with Gasteiger partial charge in [0.15, 0.2) is 5.16 Å². The first kappa shape index (κ1) is 21.9. The van der Waals surface area contributed by atoms with Gasteiger partial charge < -0.3 is 24.8 Å². The van der Waals surface area contributed by atoms with E-state index in [9.17, 15) is 9.59 Å². The molecule has 0 radical (unpaired) electrons. The van der Waals surface area contributed by atoms with Crippen molar-refractivity contribution >= 4 is 40.6 Å². The van der Waals surface area contributed by atoms with Crippen LogP contribution in [0.2, 0.25) is 0 Å². The maximum atomic E-state index is 12.8. The number of carbonyl (C=O) groups excluding carboxylic acids is 2. The Hall–Kier alpha value is -3.30. The molecule has 0 unspecified atom stereocenters. The van der Waals surface area contributed by atoms with Crippen molar-refractivity contribution in [2.45, 2.75) is 5.16 Å². The van der Waals surface area contributed by atoms with E-state index >= 15 is 0 Å². The summed E-state index contributed by atoms with van der Waals surface area (Å²) in [6, 6.07) is 14.6. The maximum absolute atomic E-state index is 12.8. The Morgan fingerprint density at radius 1 is 1.06 bits per heavy atom. The second kappa shape index (κ2) is 10.3. The third-order valence-electron chi connectivity index (χ3n) is 5.04. The Labute approximate surface area is 191 Å². The highest BCUT2D eigenvalue weighted by molar-refractivity contribution is 7.99. The number of nitrogens with zero attached hydrogens (tertiary/aromatic N) is 3. The van der Waals surface area contributed by atoms with Gasteiger partial charge in [-0.15, -0.1) is 0 Å². The zero-order valence-corrected chi connectivity index (χ0v) is 18.6. The van der Waals surface area contributed by atoms with Crippen LogP contribution < -0.4 is 15.5 Å². The topological polar surface area (TPSA) is 88.5 Å². The van der Waals surface area contributed by atoms with E-state index < -0.39 is 0 Å². The minimum Gasteiger partial charge on any atom is -0.378 e. The van der Waals surface area contributed by atoms with Gasteiger partial charge in [0.05, 0.1) is 30.3 Å². The van der Waals surface area contributed by atoms with Crippen molar-refractivity contribution in [2.75, 3.05) is 47.6 Å². The van der Waals surface area contributed by atoms with Crippen LogP contribution in [-0.2, 0) is 16.6 Å². The number of anilines is 3. The molecule has 2 N–H and O–H groups in total. The van der Waals surface area contributed by atoms with Gasteiger partial charge in [-0.3, -0.25) is 9.59 Å². The summed E-state index contributed by atoms with van der Waals surface area (Å²) >= 11 is 1.37. The summed E-state index contributed by atoms with van der Waals surface area (Å²) in [6.45, 7) is 2.94. The first-order valence-electron chi connectivity index (χ1n) is 10.3. The number of hydrogen-bond donors (Lipinski definition) is 2. The monoisotopic (exact) mass is 451 g/mol. The van der Waals surface area contributed by atoms with Gasteiger partial charge in [-0.1, -0.05) is 23.9 Å². The zero-order valence-electron chi connectivity index (χ0n) is 17.8. The summed E-state index contributed by atoms with van der Waals surface area (Å²) < 4.78 is 7.29. The van der Waals surface area contributed by atoms with Gasteiger partial charge in [-0.2, -0.15) is 0 Å². The molecule has 0 spiro atoms. The summed E-state index contributed by atoms with van der Waals surface area (Å²) in [5, 5.41) is 6.63. The molecule has 0 aliphatic carbocycles. The zero-order chi connectivity index (χ0) is 22.3. The highest BCUT2D eigenvalue weighted by atomic mass is 32.2. The Balaban J connectivity index is 1.34. The van der Waals surface area contributed by atoms with Crippen LogP contribution in [0.4, 0.5) is 17.1 Å². The van der Waals surface area contributed by atoms with E-state index in [0.29, 0.717) is 24.5 Å². The molecule has 1 aliphatic rings. The number of hydrogen-bond acceptors (Lipinski definition) is 6. The van der Waals surface area contributed by atoms with Gasteiger partial charge in [0.1, 0.15) is 0 Å². The summed E-state index contributed by atoms with van der Waals surface area (Å²) in [4.78, 5) is 31.4. The van der Waals surface area contributed by atoms with Gasteiger partial charge in [0, 0.05) is 43.8 Å². The number of ether oxygens (including phenoxy) is 1. The highest BCUT2D eigenvalue weighted by Gasteiger charge is 2.16. The molecule has 0 atom stereocenters. The van der Waals surface area contributed by atoms with E-state index in [0.717, 1.165) is 29.6 Å². The maximum Gasteiger partial charge on any atom is 0.255 e. The fraction of sp³-hybridized carbons (Fsp3) is 0.261. The molecule has 3 aromatic rings. The van der Waals surface area contributed by atoms with Crippen LogP contribution in [0.3, 0.4) is 0 Å². The third-order valence-corrected chi connectivity index (χ3v) is 6.10. The standard InChI is InChI=1S/C23H25N5O3S/c1-27-11-10-24-23(27)32-16-21(29)25-18-8-6-17(7-9-18)22(30)26-19-4-2-3-5-20(19)28-12-14-31-15-13-28/h2-11H,12-16H2,1H3,(H,25,29)(H,26,30). The molecule has 32 heavy (non-hydrogen) atoms. The summed E-state index contributed by atoms with van der Waals surface area (Å²) in [5.74, 6) is -0.0747. The third kappa shape index (κ3) is 5.49. The van der Waals surface area contributed by atoms with E-state index in [1.54, 1.807) is 30.5 Å². The number of rotatable bonds is 7. The van der Waals surface area contributed by atoms with Gasteiger partial charge in [0.25, 0.3) is 5.91 Å². The summed E-state index contributed by atoms with van der Waals surface area (Å²) in [5.41, 5.74) is 2.91. The molecule has 4 rings (SSSR count). The normalized spacial score (nSPS) is 13.6. The molecule has 2 heterocycles. The molecule has 1 aromatic heterocycles. The number of thioether (sulfide) groups is 1. The second-order valence-electron chi connectivity index (χ2n) is 7.31. The average molecular weight is 452 g/mol. The molecule has 8 nitrogen and oxygen atoms in total. The van der Waals surface area contributed by atoms with Crippen molar-refractivity contribution in [2.24, 2.45) is 7.05 Å². The van der Waals surface area contributed by atoms with Gasteiger partial charge in [0.2, 0.25) is 5.91 Å². The van der Waals surface area contributed by atoms with Gasteiger partial charge in [-0.05, 0) is 36.4 Å². The first-order valence-corrected chi connectivity index (χ1v) is 11.3. The van der Waals surface area contributed by atoms with Crippen LogP contribution in [0.25, 0.3) is 0 Å². The number of para-hydroxylation sites is 2. The van der Waals surface area contributed by atoms with Crippen molar-refractivity contribution < 1.29 is 14.3 Å². The summed E-state index contributed by atoms with van der Waals surface area (Å²) in [6.07, 6.45) is 3.53. The Morgan fingerprint density at radius 2 is 1.81 bits per heavy atom. The molecule has 9 heteroatoms. The van der Waals surface area contributed by atoms with E-state index in [1.165, 1.54) is 11.8 Å². The predicted molar refractivity (Wildman–Crippen MR) is 126 cm³/mol. The largest absolute Gasteiger partial charge is 0.378 e. The van der Waals surface area contributed by atoms with Crippen molar-refractivity contribution in [3.63, 3.8) is 0 Å². The van der Waals surface area contributed by atoms with Gasteiger partial charge >= 0.3 is 0 Å². The molecule has 2 aromatic carbocycles. The fourth-order valence-electron chi connectivity index (χ4n) is 3.38. The van der Waals surface area contributed by atoms with Crippen molar-refractivity contribution in [3.8, 4) is 0 Å². The minimum absolute atomic E-state index is 0.130. The first-order chi connectivity index (χ1) is 15.6. The molecule has 1 aliphatic heterocycles. The lowest BCUT2D eigenvalue weighted by Crippen LogP contribution is -2.36. The van der Waals surface area contributed by atoms with E-state index in [4.69, 9.17) is 4.74 Å². The lowest BCUT2D eigenvalue weighted by atomic mass is 10.1. The molecule has 166 valence electrons. The lowest BCUT2D eigenvalue weighted by Gasteiger charge is -2.30. The molecule has 1 fully saturated rings. The Kier molecular flexibility index (Phi) is 7.08. The minimum atomic E-state index is -0.200. The molecule has 2 amide bonds. The molecular weight excluding hydrogens is 426 g/mol. The smallest absolute Gasteiger partial charge is 0.255 e. The van der Waals surface area contributed by atoms with Crippen LogP contribution in [-0.4, -0.2) is 53.4 Å². The van der Waals surface area contributed by atoms with Crippen LogP contribution in [0, 0.1) is 0 Å². The van der Waals surface area contributed by atoms with Crippen LogP contribution in [0.15, 0.2) is 66.1 Å². The average Bonchev–Trinajstić information content (AvgIpc) is 3.24. The van der Waals surface area contributed by atoms with Crippen LogP contribution >= 0.6 is 11.8 Å². The van der Waals surface area contributed by atoms with Crippen LogP contribution in [0.5, 0.6) is 0 Å². The van der Waals surface area contributed by atoms with Crippen molar-refractivity contribution in [1.29, 1.82) is 0 Å². The molecule has 0 bridgehead atoms. The fourth-order valence-corrected chi connectivity index (χ4v) is 4.11. The number of aryl methyl sites for hydroxylation is 1. The molecule has 1 saturated heterocycles. The van der Waals surface area contributed by atoms with E-state index in [2.05, 4.69) is 20.5 Å². The lowest BCUT2D eigenvalue weighted by molar-refractivity contribution is -0.113. The molecular formula is C23H25N5O3S. The summed E-state index contributed by atoms with van der Waals surface area (Å²) in [7, 11) is 1.89. The number of amides is 2. The predicted octanol–water partition coefficient (Wildman–Crippen LogP) is 3.24. The second-order valence-corrected chi connectivity index (χ2v) is 8.25. The van der Waals surface area contributed by atoms with Crippen molar-refractivity contribution in [3.05, 3.63) is 66.5 Å². The number of imidazole rings is 1. The number of morpholine rings is 1. The van der Waals surface area contributed by atoms with Crippen molar-refractivity contribution in [1.82, 2.24) is 9.55 Å². The quantitative estimate of drug-likeness (QED) is 0.536. The molecule has 0 saturated carbocycles. The number of benzene rings is 2. The Morgan fingerprint density at radius 3 is 2.53 bits per heavy atom. The van der Waals surface area contributed by atoms with E-state index in [1.807, 2.05) is 42.1 Å². The highest BCUT2D eigenvalue weighted by Crippen LogP contribution is 2.27. The number of nitrogens with one attached hydrogen (secondary N) is 2. The SMILES string of the molecule is Cn1ccnc1SCC(=O)Nc1ccc(C(=O)Nc2ccccc2N2CCOCC2)cc1. The van der Waals surface area contributed by atoms with E-state index in [-0.39, 0.29) is 17.6 Å². The Bertz CT molecular complexity index is 1080. The van der Waals surface area contributed by atoms with Gasteiger partial charge in [-0.25, -0.2) is 4.98 Å². The number of aromatic nitrogens is 2.